The molecule has 2 heterocycles. The molecule has 4 heteroatoms. The summed E-state index contributed by atoms with van der Waals surface area (Å²) in [6.45, 7) is 2.05. The number of aromatic nitrogens is 1. The fourth-order valence-electron chi connectivity index (χ4n) is 3.15. The molecule has 0 spiro atoms. The maximum atomic E-state index is 12.5. The second-order valence-electron chi connectivity index (χ2n) is 5.92. The maximum absolute atomic E-state index is 12.5. The second-order valence-corrected chi connectivity index (χ2v) is 6.83. The third-order valence-corrected chi connectivity index (χ3v) is 4.80. The van der Waals surface area contributed by atoms with Gasteiger partial charge in [-0.15, -0.1) is 0 Å². The molecule has 0 N–H and O–H groups in total. The maximum Gasteiger partial charge on any atom is 0.236 e. The molecule has 0 saturated heterocycles. The van der Waals surface area contributed by atoms with Crippen LogP contribution in [0.15, 0.2) is 65.4 Å². The van der Waals surface area contributed by atoms with Crippen LogP contribution in [0.5, 0.6) is 0 Å². The Kier molecular flexibility index (Phi) is 3.69. The highest BCUT2D eigenvalue weighted by Gasteiger charge is 2.29. The van der Waals surface area contributed by atoms with Crippen molar-refractivity contribution in [3.05, 3.63) is 76.5 Å². The van der Waals surface area contributed by atoms with Crippen LogP contribution < -0.4 is 4.90 Å². The molecule has 2 aromatic carbocycles. The van der Waals surface area contributed by atoms with Crippen molar-refractivity contribution in [3.63, 3.8) is 0 Å². The summed E-state index contributed by atoms with van der Waals surface area (Å²) in [7, 11) is 0. The molecule has 24 heavy (non-hydrogen) atoms. The third kappa shape index (κ3) is 2.53. The first kappa shape index (κ1) is 15.1. The quantitative estimate of drug-likeness (QED) is 0.625. The lowest BCUT2D eigenvalue weighted by molar-refractivity contribution is -0.116. The molecule has 3 nitrogen and oxygen atoms in total. The number of hydrogen-bond acceptors (Lipinski definition) is 2. The van der Waals surface area contributed by atoms with Gasteiger partial charge in [-0.05, 0) is 63.8 Å². The minimum absolute atomic E-state index is 0.121. The molecule has 1 aliphatic rings. The van der Waals surface area contributed by atoms with Crippen LogP contribution in [0, 0.1) is 6.92 Å². The van der Waals surface area contributed by atoms with Crippen molar-refractivity contribution in [1.29, 1.82) is 0 Å². The van der Waals surface area contributed by atoms with Gasteiger partial charge >= 0.3 is 0 Å². The number of hydrogen-bond donors (Lipinski definition) is 0. The number of pyridine rings is 1. The predicted octanol–water partition coefficient (Wildman–Crippen LogP) is 5.04. The zero-order chi connectivity index (χ0) is 16.7. The van der Waals surface area contributed by atoms with Crippen LogP contribution in [0.4, 0.5) is 11.4 Å². The first-order valence-electron chi connectivity index (χ1n) is 7.76. The summed E-state index contributed by atoms with van der Waals surface area (Å²) in [6.07, 6.45) is 4.07. The molecule has 0 saturated carbocycles. The highest BCUT2D eigenvalue weighted by molar-refractivity contribution is 9.10. The number of carbonyl (C=O) groups is 1. The van der Waals surface area contributed by atoms with Crippen molar-refractivity contribution in [3.8, 4) is 11.1 Å². The van der Waals surface area contributed by atoms with Gasteiger partial charge in [-0.3, -0.25) is 14.7 Å². The molecule has 1 aromatic heterocycles. The Bertz CT molecular complexity index is 935. The molecule has 1 amide bonds. The van der Waals surface area contributed by atoms with Crippen LogP contribution in [0.3, 0.4) is 0 Å². The standard InChI is InChI=1S/C20H15BrN2O/c1-13-3-2-4-19-18(13)10-20(24)23(19)17-7-5-14(6-8-17)15-9-16(21)12-22-11-15/h2-9,11-12H,10H2,1H3. The van der Waals surface area contributed by atoms with Gasteiger partial charge in [0.1, 0.15) is 0 Å². The van der Waals surface area contributed by atoms with Gasteiger partial charge in [0, 0.05) is 28.1 Å². The molecule has 0 aliphatic carbocycles. The Balaban J connectivity index is 1.72. The predicted molar refractivity (Wildman–Crippen MR) is 99.4 cm³/mol. The SMILES string of the molecule is Cc1cccc2c1CC(=O)N2c1ccc(-c2cncc(Br)c2)cc1. The summed E-state index contributed by atoms with van der Waals surface area (Å²) in [5, 5.41) is 0. The van der Waals surface area contributed by atoms with Gasteiger partial charge in [-0.2, -0.15) is 0 Å². The number of rotatable bonds is 2. The number of carbonyl (C=O) groups excluding carboxylic acids is 1. The zero-order valence-corrected chi connectivity index (χ0v) is 14.7. The first-order valence-corrected chi connectivity index (χ1v) is 8.55. The fourth-order valence-corrected chi connectivity index (χ4v) is 3.51. The molecule has 0 unspecified atom stereocenters. The Morgan fingerprint density at radius 2 is 1.83 bits per heavy atom. The number of benzene rings is 2. The van der Waals surface area contributed by atoms with Crippen molar-refractivity contribution in [2.24, 2.45) is 0 Å². The summed E-state index contributed by atoms with van der Waals surface area (Å²) < 4.78 is 0.947. The number of halogens is 1. The third-order valence-electron chi connectivity index (χ3n) is 4.37. The van der Waals surface area contributed by atoms with E-state index in [1.807, 2.05) is 53.6 Å². The highest BCUT2D eigenvalue weighted by atomic mass is 79.9. The Morgan fingerprint density at radius 3 is 2.58 bits per heavy atom. The fraction of sp³-hybridized carbons (Fsp3) is 0.100. The Labute approximate surface area is 149 Å². The van der Waals surface area contributed by atoms with Crippen LogP contribution in [-0.2, 0) is 11.2 Å². The summed E-state index contributed by atoms with van der Waals surface area (Å²) in [5.41, 5.74) is 6.31. The van der Waals surface area contributed by atoms with Crippen molar-refractivity contribution < 1.29 is 4.79 Å². The lowest BCUT2D eigenvalue weighted by Crippen LogP contribution is -2.20. The van der Waals surface area contributed by atoms with E-state index >= 15 is 0 Å². The van der Waals surface area contributed by atoms with E-state index in [9.17, 15) is 4.79 Å². The highest BCUT2D eigenvalue weighted by Crippen LogP contribution is 2.37. The number of nitrogens with zero attached hydrogens (tertiary/aromatic N) is 2. The van der Waals surface area contributed by atoms with Crippen LogP contribution in [0.2, 0.25) is 0 Å². The van der Waals surface area contributed by atoms with E-state index in [0.717, 1.165) is 32.5 Å². The van der Waals surface area contributed by atoms with E-state index in [2.05, 4.69) is 33.9 Å². The Hall–Kier alpha value is -2.46. The van der Waals surface area contributed by atoms with E-state index < -0.39 is 0 Å². The molecule has 0 fully saturated rings. The van der Waals surface area contributed by atoms with E-state index in [1.165, 1.54) is 5.56 Å². The molecule has 4 rings (SSSR count). The molecule has 3 aromatic rings. The van der Waals surface area contributed by atoms with Crippen LogP contribution in [-0.4, -0.2) is 10.9 Å². The van der Waals surface area contributed by atoms with E-state index in [-0.39, 0.29) is 5.91 Å². The van der Waals surface area contributed by atoms with Crippen molar-refractivity contribution in [2.75, 3.05) is 4.90 Å². The van der Waals surface area contributed by atoms with Crippen LogP contribution in [0.1, 0.15) is 11.1 Å². The second kappa shape index (κ2) is 5.87. The molecule has 0 radical (unpaired) electrons. The van der Waals surface area contributed by atoms with Gasteiger partial charge in [-0.1, -0.05) is 24.3 Å². The summed E-state index contributed by atoms with van der Waals surface area (Å²) in [4.78, 5) is 18.5. The number of amides is 1. The summed E-state index contributed by atoms with van der Waals surface area (Å²) >= 11 is 3.45. The summed E-state index contributed by atoms with van der Waals surface area (Å²) in [5.74, 6) is 0.121. The van der Waals surface area contributed by atoms with Gasteiger partial charge in [0.15, 0.2) is 0 Å². The first-order chi connectivity index (χ1) is 11.6. The Morgan fingerprint density at radius 1 is 1.04 bits per heavy atom. The van der Waals surface area contributed by atoms with Crippen molar-refractivity contribution in [1.82, 2.24) is 4.98 Å². The number of anilines is 2. The van der Waals surface area contributed by atoms with Gasteiger partial charge in [-0.25, -0.2) is 0 Å². The lowest BCUT2D eigenvalue weighted by Gasteiger charge is -2.18. The smallest absolute Gasteiger partial charge is 0.236 e. The van der Waals surface area contributed by atoms with Gasteiger partial charge in [0.25, 0.3) is 0 Å². The topological polar surface area (TPSA) is 33.2 Å². The number of fused-ring (bicyclic) bond motifs is 1. The van der Waals surface area contributed by atoms with Crippen LogP contribution >= 0.6 is 15.9 Å². The largest absolute Gasteiger partial charge is 0.280 e. The average molecular weight is 379 g/mol. The van der Waals surface area contributed by atoms with Gasteiger partial charge < -0.3 is 0 Å². The molecule has 0 bridgehead atoms. The minimum atomic E-state index is 0.121. The molecular formula is C20H15BrN2O. The minimum Gasteiger partial charge on any atom is -0.280 e. The van der Waals surface area contributed by atoms with Gasteiger partial charge in [0.05, 0.1) is 12.1 Å². The van der Waals surface area contributed by atoms with E-state index in [4.69, 9.17) is 0 Å². The molecule has 0 atom stereocenters. The van der Waals surface area contributed by atoms with E-state index in [1.54, 1.807) is 6.20 Å². The normalized spacial score (nSPS) is 13.2. The van der Waals surface area contributed by atoms with Crippen molar-refractivity contribution >= 4 is 33.2 Å². The number of aryl methyl sites for hydroxylation is 1. The summed E-state index contributed by atoms with van der Waals surface area (Å²) in [6, 6.07) is 16.1. The average Bonchev–Trinajstić information content (AvgIpc) is 2.93. The van der Waals surface area contributed by atoms with Crippen LogP contribution in [0.25, 0.3) is 11.1 Å². The molecular weight excluding hydrogens is 364 g/mol. The molecule has 118 valence electrons. The lowest BCUT2D eigenvalue weighted by atomic mass is 10.1. The van der Waals surface area contributed by atoms with Gasteiger partial charge in [0.2, 0.25) is 5.91 Å². The van der Waals surface area contributed by atoms with Crippen molar-refractivity contribution in [2.45, 2.75) is 13.3 Å². The monoisotopic (exact) mass is 378 g/mol. The van der Waals surface area contributed by atoms with E-state index in [0.29, 0.717) is 6.42 Å². The molecule has 1 aliphatic heterocycles. The zero-order valence-electron chi connectivity index (χ0n) is 13.2.